The van der Waals surface area contributed by atoms with Gasteiger partial charge in [-0.2, -0.15) is 0 Å². The van der Waals surface area contributed by atoms with Gasteiger partial charge in [-0.15, -0.1) is 11.3 Å². The van der Waals surface area contributed by atoms with E-state index in [0.717, 1.165) is 24.4 Å². The van der Waals surface area contributed by atoms with E-state index >= 15 is 0 Å². The summed E-state index contributed by atoms with van der Waals surface area (Å²) in [5.74, 6) is 1.06. The number of anilines is 1. The fraction of sp³-hybridized carbons (Fsp3) is 0.429. The molecule has 0 radical (unpaired) electrons. The molecule has 0 bridgehead atoms. The van der Waals surface area contributed by atoms with Crippen LogP contribution in [0.1, 0.15) is 32.6 Å². The Labute approximate surface area is 171 Å². The number of carbonyl (C=O) groups is 1. The molecule has 2 aromatic rings. The minimum absolute atomic E-state index is 0.130. The number of hydrogen-bond donors (Lipinski definition) is 3. The molecule has 0 saturated heterocycles. The van der Waals surface area contributed by atoms with Crippen molar-refractivity contribution >= 4 is 28.9 Å². The summed E-state index contributed by atoms with van der Waals surface area (Å²) in [6.45, 7) is 8.60. The Balaban J connectivity index is 2.04. The standard InChI is InChI=1S/C21H30N4O2S/c1-15(2)27-17-9-7-16(8-10-17)25-20(24-14-21(3,4)19(22)26)23-12-11-18-6-5-13-28-18/h5-10,13,15H,11-12,14H2,1-4H3,(H2,22,26)(H2,23,24,25). The van der Waals surface area contributed by atoms with Crippen LogP contribution in [0.15, 0.2) is 46.8 Å². The predicted molar refractivity (Wildman–Crippen MR) is 117 cm³/mol. The third-order valence-electron chi connectivity index (χ3n) is 4.03. The number of nitrogens with one attached hydrogen (secondary N) is 2. The molecule has 152 valence electrons. The summed E-state index contributed by atoms with van der Waals surface area (Å²) in [5, 5.41) is 8.68. The van der Waals surface area contributed by atoms with Crippen LogP contribution in [-0.2, 0) is 11.2 Å². The van der Waals surface area contributed by atoms with Gasteiger partial charge in [0.15, 0.2) is 5.96 Å². The number of carbonyl (C=O) groups excluding carboxylic acids is 1. The summed E-state index contributed by atoms with van der Waals surface area (Å²) in [5.41, 5.74) is 5.64. The molecule has 28 heavy (non-hydrogen) atoms. The number of guanidine groups is 1. The zero-order valence-corrected chi connectivity index (χ0v) is 17.8. The maximum Gasteiger partial charge on any atom is 0.224 e. The first-order chi connectivity index (χ1) is 13.3. The summed E-state index contributed by atoms with van der Waals surface area (Å²) < 4.78 is 5.68. The van der Waals surface area contributed by atoms with Gasteiger partial charge in [-0.1, -0.05) is 6.07 Å². The lowest BCUT2D eigenvalue weighted by Gasteiger charge is -2.19. The lowest BCUT2D eigenvalue weighted by atomic mass is 9.93. The molecular weight excluding hydrogens is 372 g/mol. The number of aliphatic imine (C=N–C) groups is 1. The second kappa shape index (κ2) is 10.1. The van der Waals surface area contributed by atoms with Crippen LogP contribution in [0.2, 0.25) is 0 Å². The van der Waals surface area contributed by atoms with Crippen molar-refractivity contribution in [2.45, 2.75) is 40.2 Å². The van der Waals surface area contributed by atoms with Gasteiger partial charge in [-0.25, -0.2) is 0 Å². The number of ether oxygens (including phenoxy) is 1. The Morgan fingerprint density at radius 2 is 1.96 bits per heavy atom. The zero-order chi connectivity index (χ0) is 20.6. The van der Waals surface area contributed by atoms with Crippen LogP contribution >= 0.6 is 11.3 Å². The second-order valence-corrected chi connectivity index (χ2v) is 8.52. The number of primary amides is 1. The number of nitrogens with zero attached hydrogens (tertiary/aromatic N) is 1. The summed E-state index contributed by atoms with van der Waals surface area (Å²) >= 11 is 1.73. The highest BCUT2D eigenvalue weighted by Gasteiger charge is 2.24. The fourth-order valence-corrected chi connectivity index (χ4v) is 2.99. The first-order valence-electron chi connectivity index (χ1n) is 9.40. The van der Waals surface area contributed by atoms with Crippen molar-refractivity contribution in [2.24, 2.45) is 16.1 Å². The third-order valence-corrected chi connectivity index (χ3v) is 4.97. The molecule has 0 saturated carbocycles. The van der Waals surface area contributed by atoms with Crippen LogP contribution in [0, 0.1) is 5.41 Å². The van der Waals surface area contributed by atoms with Crippen LogP contribution in [0.25, 0.3) is 0 Å². The van der Waals surface area contributed by atoms with E-state index in [4.69, 9.17) is 10.5 Å². The molecule has 1 heterocycles. The van der Waals surface area contributed by atoms with E-state index in [1.165, 1.54) is 4.88 Å². The minimum Gasteiger partial charge on any atom is -0.491 e. The average molecular weight is 403 g/mol. The van der Waals surface area contributed by atoms with E-state index in [1.807, 2.05) is 44.2 Å². The Morgan fingerprint density at radius 1 is 1.25 bits per heavy atom. The lowest BCUT2D eigenvalue weighted by molar-refractivity contribution is -0.125. The molecule has 0 aliphatic rings. The van der Waals surface area contributed by atoms with Gasteiger partial charge < -0.3 is 21.1 Å². The highest BCUT2D eigenvalue weighted by molar-refractivity contribution is 7.09. The quantitative estimate of drug-likeness (QED) is 0.441. The maximum atomic E-state index is 11.6. The third kappa shape index (κ3) is 7.23. The highest BCUT2D eigenvalue weighted by atomic mass is 32.1. The first kappa shape index (κ1) is 21.8. The Hall–Kier alpha value is -2.54. The summed E-state index contributed by atoms with van der Waals surface area (Å²) in [6, 6.07) is 11.9. The Morgan fingerprint density at radius 3 is 2.54 bits per heavy atom. The molecule has 2 rings (SSSR count). The second-order valence-electron chi connectivity index (χ2n) is 7.49. The van der Waals surface area contributed by atoms with Crippen LogP contribution in [0.5, 0.6) is 5.75 Å². The molecule has 6 nitrogen and oxygen atoms in total. The molecule has 0 fully saturated rings. The number of thiophene rings is 1. The summed E-state index contributed by atoms with van der Waals surface area (Å²) in [6.07, 6.45) is 1.03. The summed E-state index contributed by atoms with van der Waals surface area (Å²) in [4.78, 5) is 17.5. The van der Waals surface area contributed by atoms with Gasteiger partial charge in [-0.05, 0) is 69.8 Å². The number of benzene rings is 1. The van der Waals surface area contributed by atoms with Gasteiger partial charge in [0.1, 0.15) is 5.75 Å². The Bertz CT molecular complexity index is 768. The summed E-state index contributed by atoms with van der Waals surface area (Å²) in [7, 11) is 0. The molecule has 0 aliphatic heterocycles. The Kier molecular flexibility index (Phi) is 7.87. The molecule has 0 spiro atoms. The van der Waals surface area contributed by atoms with E-state index in [0.29, 0.717) is 12.5 Å². The van der Waals surface area contributed by atoms with Gasteiger partial charge in [0.2, 0.25) is 5.91 Å². The highest BCUT2D eigenvalue weighted by Crippen LogP contribution is 2.18. The molecule has 0 unspecified atom stereocenters. The SMILES string of the molecule is CC(C)Oc1ccc(NC(=NCC(C)(C)C(N)=O)NCCc2cccs2)cc1. The zero-order valence-electron chi connectivity index (χ0n) is 17.0. The van der Waals surface area contributed by atoms with Crippen molar-refractivity contribution in [1.29, 1.82) is 0 Å². The molecule has 4 N–H and O–H groups in total. The van der Waals surface area contributed by atoms with Gasteiger partial charge in [0.05, 0.1) is 18.1 Å². The van der Waals surface area contributed by atoms with E-state index in [2.05, 4.69) is 27.1 Å². The molecule has 1 aromatic carbocycles. The van der Waals surface area contributed by atoms with Gasteiger partial charge in [-0.3, -0.25) is 9.79 Å². The molecule has 0 aliphatic carbocycles. The first-order valence-corrected chi connectivity index (χ1v) is 10.3. The number of rotatable bonds is 9. The van der Waals surface area contributed by atoms with E-state index in [1.54, 1.807) is 25.2 Å². The van der Waals surface area contributed by atoms with Crippen molar-refractivity contribution in [3.05, 3.63) is 46.7 Å². The van der Waals surface area contributed by atoms with Crippen LogP contribution in [0.3, 0.4) is 0 Å². The van der Waals surface area contributed by atoms with Crippen molar-refractivity contribution in [2.75, 3.05) is 18.4 Å². The average Bonchev–Trinajstić information content (AvgIpc) is 3.14. The van der Waals surface area contributed by atoms with Crippen LogP contribution in [-0.4, -0.2) is 31.1 Å². The van der Waals surface area contributed by atoms with E-state index in [9.17, 15) is 4.79 Å². The van der Waals surface area contributed by atoms with Crippen molar-refractivity contribution in [3.8, 4) is 5.75 Å². The van der Waals surface area contributed by atoms with Gasteiger partial charge in [0, 0.05) is 17.1 Å². The van der Waals surface area contributed by atoms with Crippen molar-refractivity contribution < 1.29 is 9.53 Å². The van der Waals surface area contributed by atoms with Gasteiger partial charge in [0.25, 0.3) is 0 Å². The van der Waals surface area contributed by atoms with E-state index < -0.39 is 5.41 Å². The largest absolute Gasteiger partial charge is 0.491 e. The van der Waals surface area contributed by atoms with Crippen molar-refractivity contribution in [3.63, 3.8) is 0 Å². The van der Waals surface area contributed by atoms with Crippen LogP contribution in [0.4, 0.5) is 5.69 Å². The normalized spacial score (nSPS) is 12.1. The number of hydrogen-bond acceptors (Lipinski definition) is 4. The monoisotopic (exact) mass is 402 g/mol. The van der Waals surface area contributed by atoms with Crippen LogP contribution < -0.4 is 21.1 Å². The van der Waals surface area contributed by atoms with E-state index in [-0.39, 0.29) is 12.0 Å². The number of nitrogens with two attached hydrogens (primary N) is 1. The fourth-order valence-electron chi connectivity index (χ4n) is 2.28. The number of amides is 1. The molecule has 0 atom stereocenters. The molecular formula is C21H30N4O2S. The molecule has 7 heteroatoms. The minimum atomic E-state index is -0.711. The topological polar surface area (TPSA) is 88.7 Å². The van der Waals surface area contributed by atoms with Gasteiger partial charge >= 0.3 is 0 Å². The lowest BCUT2D eigenvalue weighted by Crippen LogP contribution is -2.37. The molecule has 1 aromatic heterocycles. The molecule has 1 amide bonds. The van der Waals surface area contributed by atoms with Crippen molar-refractivity contribution in [1.82, 2.24) is 5.32 Å². The predicted octanol–water partition coefficient (Wildman–Crippen LogP) is 3.65. The smallest absolute Gasteiger partial charge is 0.224 e. The maximum absolute atomic E-state index is 11.6.